The molecule has 3 aromatic rings. The average Bonchev–Trinajstić information content (AvgIpc) is 2.83. The third-order valence-corrected chi connectivity index (χ3v) is 6.95. The highest BCUT2D eigenvalue weighted by Gasteiger charge is 2.21. The van der Waals surface area contributed by atoms with Crippen molar-refractivity contribution in [2.75, 3.05) is 25.6 Å². The van der Waals surface area contributed by atoms with E-state index in [1.165, 1.54) is 11.4 Å². The van der Waals surface area contributed by atoms with Gasteiger partial charge in [0.25, 0.3) is 15.9 Å². The molecule has 168 valence electrons. The summed E-state index contributed by atoms with van der Waals surface area (Å²) in [6, 6.07) is 19.6. The summed E-state index contributed by atoms with van der Waals surface area (Å²) in [5.41, 5.74) is 1.64. The summed E-state index contributed by atoms with van der Waals surface area (Å²) in [6.07, 6.45) is 0. The third-order valence-electron chi connectivity index (χ3n) is 5.15. The van der Waals surface area contributed by atoms with E-state index in [1.807, 2.05) is 13.0 Å². The Labute approximate surface area is 188 Å². The zero-order chi connectivity index (χ0) is 23.3. The lowest BCUT2D eigenvalue weighted by Gasteiger charge is -2.20. The van der Waals surface area contributed by atoms with Crippen molar-refractivity contribution in [3.8, 4) is 11.5 Å². The number of methoxy groups -OCH3 is 2. The highest BCUT2D eigenvalue weighted by molar-refractivity contribution is 7.92. The SMILES string of the molecule is COc1ccc(OC)c([C@@H](C)NC(=O)c2ccc(N(C)S(=O)(=O)c3ccccc3)cc2)c1. The summed E-state index contributed by atoms with van der Waals surface area (Å²) >= 11 is 0. The maximum Gasteiger partial charge on any atom is 0.264 e. The predicted molar refractivity (Wildman–Crippen MR) is 124 cm³/mol. The first kappa shape index (κ1) is 23.1. The molecule has 0 aromatic heterocycles. The second-order valence-corrected chi connectivity index (χ2v) is 9.10. The van der Waals surface area contributed by atoms with E-state index in [0.29, 0.717) is 22.7 Å². The molecule has 0 aliphatic rings. The van der Waals surface area contributed by atoms with Gasteiger partial charge in [0.1, 0.15) is 11.5 Å². The molecule has 0 unspecified atom stereocenters. The maximum absolute atomic E-state index is 12.8. The van der Waals surface area contributed by atoms with E-state index in [-0.39, 0.29) is 16.8 Å². The molecule has 0 spiro atoms. The summed E-state index contributed by atoms with van der Waals surface area (Å²) in [5.74, 6) is 1.01. The Morgan fingerprint density at radius 1 is 0.938 bits per heavy atom. The van der Waals surface area contributed by atoms with Crippen LogP contribution in [0.25, 0.3) is 0 Å². The standard InChI is InChI=1S/C24H26N2O5S/c1-17(22-16-20(30-3)14-15-23(22)31-4)25-24(27)18-10-12-19(13-11-18)26(2)32(28,29)21-8-6-5-7-9-21/h5-17H,1-4H3,(H,25,27)/t17-/m1/s1. The van der Waals surface area contributed by atoms with Gasteiger partial charge in [0, 0.05) is 18.2 Å². The number of carbonyl (C=O) groups excluding carboxylic acids is 1. The third kappa shape index (κ3) is 4.86. The van der Waals surface area contributed by atoms with Crippen molar-refractivity contribution < 1.29 is 22.7 Å². The van der Waals surface area contributed by atoms with Crippen molar-refractivity contribution in [3.63, 3.8) is 0 Å². The minimum atomic E-state index is -3.69. The average molecular weight is 455 g/mol. The number of sulfonamides is 1. The van der Waals surface area contributed by atoms with Gasteiger partial charge >= 0.3 is 0 Å². The van der Waals surface area contributed by atoms with Crippen molar-refractivity contribution in [2.45, 2.75) is 17.9 Å². The Hall–Kier alpha value is -3.52. The van der Waals surface area contributed by atoms with Crippen molar-refractivity contribution >= 4 is 21.6 Å². The molecule has 0 saturated heterocycles. The molecule has 0 saturated carbocycles. The molecular formula is C24H26N2O5S. The number of hydrogen-bond donors (Lipinski definition) is 1. The van der Waals surface area contributed by atoms with Crippen LogP contribution in [0.1, 0.15) is 28.9 Å². The maximum atomic E-state index is 12.8. The zero-order valence-corrected chi connectivity index (χ0v) is 19.2. The monoisotopic (exact) mass is 454 g/mol. The highest BCUT2D eigenvalue weighted by Crippen LogP contribution is 2.29. The molecule has 0 aliphatic heterocycles. The largest absolute Gasteiger partial charge is 0.497 e. The van der Waals surface area contributed by atoms with E-state index in [4.69, 9.17) is 9.47 Å². The molecule has 1 atom stereocenters. The fourth-order valence-corrected chi connectivity index (χ4v) is 4.46. The zero-order valence-electron chi connectivity index (χ0n) is 18.4. The quantitative estimate of drug-likeness (QED) is 0.556. The van der Waals surface area contributed by atoms with Gasteiger partial charge in [0.15, 0.2) is 0 Å². The Morgan fingerprint density at radius 3 is 2.19 bits per heavy atom. The Morgan fingerprint density at radius 2 is 1.59 bits per heavy atom. The van der Waals surface area contributed by atoms with Gasteiger partial charge in [0.2, 0.25) is 0 Å². The van der Waals surface area contributed by atoms with Crippen molar-refractivity contribution in [2.24, 2.45) is 0 Å². The number of carbonyl (C=O) groups is 1. The molecule has 3 aromatic carbocycles. The van der Waals surface area contributed by atoms with E-state index in [9.17, 15) is 13.2 Å². The summed E-state index contributed by atoms with van der Waals surface area (Å²) in [6.45, 7) is 1.85. The summed E-state index contributed by atoms with van der Waals surface area (Å²) in [5, 5.41) is 2.94. The Bertz CT molecular complexity index is 1180. The Kier molecular flexibility index (Phi) is 7.05. The topological polar surface area (TPSA) is 84.9 Å². The van der Waals surface area contributed by atoms with Crippen LogP contribution in [0.3, 0.4) is 0 Å². The van der Waals surface area contributed by atoms with Crippen LogP contribution in [0.5, 0.6) is 11.5 Å². The number of amides is 1. The van der Waals surface area contributed by atoms with Gasteiger partial charge in [-0.1, -0.05) is 18.2 Å². The van der Waals surface area contributed by atoms with Crippen LogP contribution < -0.4 is 19.1 Å². The second kappa shape index (κ2) is 9.74. The lowest BCUT2D eigenvalue weighted by Crippen LogP contribution is -2.28. The fraction of sp³-hybridized carbons (Fsp3) is 0.208. The highest BCUT2D eigenvalue weighted by atomic mass is 32.2. The van der Waals surface area contributed by atoms with Crippen LogP contribution in [0.2, 0.25) is 0 Å². The molecule has 8 heteroatoms. The minimum Gasteiger partial charge on any atom is -0.497 e. The summed E-state index contributed by atoms with van der Waals surface area (Å²) < 4.78 is 37.4. The van der Waals surface area contributed by atoms with Crippen molar-refractivity contribution in [1.29, 1.82) is 0 Å². The molecule has 1 N–H and O–H groups in total. The minimum absolute atomic E-state index is 0.199. The number of ether oxygens (including phenoxy) is 2. The van der Waals surface area contributed by atoms with Gasteiger partial charge in [-0.3, -0.25) is 9.10 Å². The summed E-state index contributed by atoms with van der Waals surface area (Å²) in [7, 11) is 0.936. The summed E-state index contributed by atoms with van der Waals surface area (Å²) in [4.78, 5) is 13.0. The van der Waals surface area contributed by atoms with E-state index in [1.54, 1.807) is 80.9 Å². The van der Waals surface area contributed by atoms with Gasteiger partial charge in [0.05, 0.1) is 30.8 Å². The first-order valence-electron chi connectivity index (χ1n) is 9.94. The van der Waals surface area contributed by atoms with Gasteiger partial charge < -0.3 is 14.8 Å². The molecule has 7 nitrogen and oxygen atoms in total. The molecule has 3 rings (SSSR count). The van der Waals surface area contributed by atoms with E-state index < -0.39 is 10.0 Å². The van der Waals surface area contributed by atoms with E-state index in [2.05, 4.69) is 5.32 Å². The molecule has 0 radical (unpaired) electrons. The van der Waals surface area contributed by atoms with Crippen molar-refractivity contribution in [3.05, 3.63) is 83.9 Å². The number of rotatable bonds is 8. The normalized spacial score (nSPS) is 12.0. The molecule has 1 amide bonds. The molecule has 0 aliphatic carbocycles. The van der Waals surface area contributed by atoms with Gasteiger partial charge in [-0.15, -0.1) is 0 Å². The predicted octanol–water partition coefficient (Wildman–Crippen LogP) is 4.02. The van der Waals surface area contributed by atoms with Gasteiger partial charge in [-0.25, -0.2) is 8.42 Å². The second-order valence-electron chi connectivity index (χ2n) is 7.14. The molecular weight excluding hydrogens is 428 g/mol. The van der Waals surface area contributed by atoms with Crippen LogP contribution in [-0.4, -0.2) is 35.6 Å². The first-order chi connectivity index (χ1) is 15.3. The fourth-order valence-electron chi connectivity index (χ4n) is 3.25. The first-order valence-corrected chi connectivity index (χ1v) is 11.4. The molecule has 0 heterocycles. The van der Waals surface area contributed by atoms with Gasteiger partial charge in [-0.05, 0) is 61.5 Å². The van der Waals surface area contributed by atoms with Crippen molar-refractivity contribution in [1.82, 2.24) is 5.32 Å². The lowest BCUT2D eigenvalue weighted by molar-refractivity contribution is 0.0939. The molecule has 0 bridgehead atoms. The van der Waals surface area contributed by atoms with Gasteiger partial charge in [-0.2, -0.15) is 0 Å². The van der Waals surface area contributed by atoms with Crippen LogP contribution in [0.15, 0.2) is 77.7 Å². The van der Waals surface area contributed by atoms with E-state index >= 15 is 0 Å². The number of nitrogens with zero attached hydrogens (tertiary/aromatic N) is 1. The van der Waals surface area contributed by atoms with Crippen LogP contribution in [-0.2, 0) is 10.0 Å². The van der Waals surface area contributed by atoms with Crippen LogP contribution >= 0.6 is 0 Å². The molecule has 0 fully saturated rings. The van der Waals surface area contributed by atoms with Crippen LogP contribution in [0.4, 0.5) is 5.69 Å². The van der Waals surface area contributed by atoms with Crippen LogP contribution in [0, 0.1) is 0 Å². The number of nitrogens with one attached hydrogen (secondary N) is 1. The lowest BCUT2D eigenvalue weighted by atomic mass is 10.1. The Balaban J connectivity index is 1.76. The molecule has 32 heavy (non-hydrogen) atoms. The van der Waals surface area contributed by atoms with E-state index in [0.717, 1.165) is 5.56 Å². The number of hydrogen-bond acceptors (Lipinski definition) is 5. The number of anilines is 1. The number of benzene rings is 3. The smallest absolute Gasteiger partial charge is 0.264 e.